The second-order valence-electron chi connectivity index (χ2n) is 6.97. The number of halogens is 1. The van der Waals surface area contributed by atoms with Gasteiger partial charge >= 0.3 is 0 Å². The van der Waals surface area contributed by atoms with E-state index >= 15 is 0 Å². The Morgan fingerprint density at radius 3 is 2.45 bits per heavy atom. The zero-order valence-electron chi connectivity index (χ0n) is 13.2. The van der Waals surface area contributed by atoms with Crippen LogP contribution in [0.5, 0.6) is 0 Å². The molecule has 1 aromatic rings. The fourth-order valence-electron chi connectivity index (χ4n) is 3.58. The topological polar surface area (TPSA) is 21.3 Å². The van der Waals surface area contributed by atoms with Crippen LogP contribution in [0.1, 0.15) is 39.7 Å². The molecule has 1 N–H and O–H groups in total. The molecule has 2 atom stereocenters. The fourth-order valence-corrected chi connectivity index (χ4v) is 3.58. The maximum atomic E-state index is 13.9. The summed E-state index contributed by atoms with van der Waals surface area (Å²) in [6, 6.07) is 7.24. The minimum atomic E-state index is -0.192. The third-order valence-corrected chi connectivity index (χ3v) is 4.40. The van der Waals surface area contributed by atoms with Gasteiger partial charge in [0.15, 0.2) is 0 Å². The number of likely N-dealkylation sites (N-methyl/N-ethyl adjacent to an activating group) is 1. The van der Waals surface area contributed by atoms with Crippen molar-refractivity contribution in [3.8, 4) is 0 Å². The first kappa shape index (κ1) is 15.5. The standard InChI is InChI=1S/C17H26FNO/c1-16(2)11-13(17(3,4)20-16)15(19-5)10-12-8-6-7-9-14(12)18/h6-9,13,15,19H,10-11H2,1-5H3. The second-order valence-corrected chi connectivity index (χ2v) is 6.97. The summed E-state index contributed by atoms with van der Waals surface area (Å²) in [6.45, 7) is 8.53. The Bertz CT molecular complexity index is 470. The SMILES string of the molecule is CNC(Cc1ccccc1F)C1CC(C)(C)OC1(C)C. The van der Waals surface area contributed by atoms with Crippen molar-refractivity contribution in [3.05, 3.63) is 35.6 Å². The smallest absolute Gasteiger partial charge is 0.126 e. The van der Waals surface area contributed by atoms with Gasteiger partial charge in [0.1, 0.15) is 5.82 Å². The van der Waals surface area contributed by atoms with Gasteiger partial charge in [-0.1, -0.05) is 18.2 Å². The monoisotopic (exact) mass is 279 g/mol. The highest BCUT2D eigenvalue weighted by Crippen LogP contribution is 2.44. The molecule has 1 saturated heterocycles. The molecule has 1 fully saturated rings. The van der Waals surface area contributed by atoms with Crippen LogP contribution < -0.4 is 5.32 Å². The maximum Gasteiger partial charge on any atom is 0.126 e. The van der Waals surface area contributed by atoms with Crippen LogP contribution in [0.4, 0.5) is 4.39 Å². The predicted octanol–water partition coefficient (Wildman–Crippen LogP) is 3.55. The zero-order chi connectivity index (χ0) is 15.0. The first-order chi connectivity index (χ1) is 9.25. The molecule has 0 radical (unpaired) electrons. The van der Waals surface area contributed by atoms with Crippen molar-refractivity contribution in [3.63, 3.8) is 0 Å². The van der Waals surface area contributed by atoms with Gasteiger partial charge in [0.25, 0.3) is 0 Å². The molecule has 0 aliphatic carbocycles. The van der Waals surface area contributed by atoms with Crippen molar-refractivity contribution in [1.29, 1.82) is 0 Å². The van der Waals surface area contributed by atoms with Gasteiger partial charge in [-0.25, -0.2) is 4.39 Å². The lowest BCUT2D eigenvalue weighted by molar-refractivity contribution is -0.0774. The Labute approximate surface area is 121 Å². The zero-order valence-corrected chi connectivity index (χ0v) is 13.2. The highest BCUT2D eigenvalue weighted by molar-refractivity contribution is 5.19. The summed E-state index contributed by atoms with van der Waals surface area (Å²) < 4.78 is 20.0. The lowest BCUT2D eigenvalue weighted by Gasteiger charge is -2.33. The van der Waals surface area contributed by atoms with Crippen molar-refractivity contribution in [1.82, 2.24) is 5.32 Å². The van der Waals surface area contributed by atoms with Gasteiger partial charge in [-0.3, -0.25) is 0 Å². The molecule has 1 aromatic carbocycles. The van der Waals surface area contributed by atoms with Crippen molar-refractivity contribution >= 4 is 0 Å². The Morgan fingerprint density at radius 1 is 1.30 bits per heavy atom. The van der Waals surface area contributed by atoms with Crippen LogP contribution in [0.3, 0.4) is 0 Å². The van der Waals surface area contributed by atoms with E-state index in [1.165, 1.54) is 6.07 Å². The van der Waals surface area contributed by atoms with Crippen LogP contribution >= 0.6 is 0 Å². The number of rotatable bonds is 4. The van der Waals surface area contributed by atoms with E-state index in [0.29, 0.717) is 12.3 Å². The van der Waals surface area contributed by atoms with Crippen LogP contribution in [-0.2, 0) is 11.2 Å². The quantitative estimate of drug-likeness (QED) is 0.910. The van der Waals surface area contributed by atoms with Gasteiger partial charge in [0, 0.05) is 12.0 Å². The molecule has 1 aliphatic rings. The van der Waals surface area contributed by atoms with E-state index < -0.39 is 0 Å². The Balaban J connectivity index is 2.19. The predicted molar refractivity (Wildman–Crippen MR) is 80.3 cm³/mol. The van der Waals surface area contributed by atoms with Gasteiger partial charge in [-0.2, -0.15) is 0 Å². The van der Waals surface area contributed by atoms with Gasteiger partial charge in [-0.05, 0) is 59.2 Å². The molecular weight excluding hydrogens is 253 g/mol. The third kappa shape index (κ3) is 3.21. The summed E-state index contributed by atoms with van der Waals surface area (Å²) in [7, 11) is 1.95. The summed E-state index contributed by atoms with van der Waals surface area (Å²) in [6.07, 6.45) is 1.68. The summed E-state index contributed by atoms with van der Waals surface area (Å²) in [5.41, 5.74) is 0.466. The minimum absolute atomic E-state index is 0.113. The number of ether oxygens (including phenoxy) is 1. The van der Waals surface area contributed by atoms with E-state index in [9.17, 15) is 4.39 Å². The second kappa shape index (κ2) is 5.45. The molecule has 112 valence electrons. The average Bonchev–Trinajstić information content (AvgIpc) is 2.56. The Kier molecular flexibility index (Phi) is 4.22. The van der Waals surface area contributed by atoms with Crippen LogP contribution in [0.2, 0.25) is 0 Å². The van der Waals surface area contributed by atoms with E-state index in [4.69, 9.17) is 4.74 Å². The molecule has 2 unspecified atom stereocenters. The number of hydrogen-bond acceptors (Lipinski definition) is 2. The van der Waals surface area contributed by atoms with Gasteiger partial charge < -0.3 is 10.1 Å². The van der Waals surface area contributed by atoms with Crippen molar-refractivity contribution in [2.75, 3.05) is 7.05 Å². The van der Waals surface area contributed by atoms with E-state index in [-0.39, 0.29) is 23.1 Å². The van der Waals surface area contributed by atoms with Crippen LogP contribution in [0.15, 0.2) is 24.3 Å². The van der Waals surface area contributed by atoms with Gasteiger partial charge in [-0.15, -0.1) is 0 Å². The van der Waals surface area contributed by atoms with E-state index in [1.54, 1.807) is 6.07 Å². The summed E-state index contributed by atoms with van der Waals surface area (Å²) in [4.78, 5) is 0. The molecular formula is C17H26FNO. The average molecular weight is 279 g/mol. The first-order valence-electron chi connectivity index (χ1n) is 7.36. The highest BCUT2D eigenvalue weighted by atomic mass is 19.1. The number of hydrogen-bond donors (Lipinski definition) is 1. The summed E-state index contributed by atoms with van der Waals surface area (Å²) >= 11 is 0. The van der Waals surface area contributed by atoms with E-state index in [2.05, 4.69) is 33.0 Å². The highest BCUT2D eigenvalue weighted by Gasteiger charge is 2.48. The Morgan fingerprint density at radius 2 is 1.95 bits per heavy atom. The third-order valence-electron chi connectivity index (χ3n) is 4.40. The van der Waals surface area contributed by atoms with E-state index in [1.807, 2.05) is 19.2 Å². The van der Waals surface area contributed by atoms with Crippen molar-refractivity contribution in [2.45, 2.75) is 57.8 Å². The molecule has 0 aromatic heterocycles. The molecule has 0 bridgehead atoms. The molecule has 0 saturated carbocycles. The van der Waals surface area contributed by atoms with Crippen LogP contribution in [-0.4, -0.2) is 24.3 Å². The Hall–Kier alpha value is -0.930. The lowest BCUT2D eigenvalue weighted by Crippen LogP contribution is -2.44. The molecule has 3 heteroatoms. The number of benzene rings is 1. The molecule has 0 spiro atoms. The molecule has 1 aliphatic heterocycles. The maximum absolute atomic E-state index is 13.9. The van der Waals surface area contributed by atoms with Crippen molar-refractivity contribution in [2.24, 2.45) is 5.92 Å². The minimum Gasteiger partial charge on any atom is -0.369 e. The molecule has 20 heavy (non-hydrogen) atoms. The van der Waals surface area contributed by atoms with E-state index in [0.717, 1.165) is 12.0 Å². The van der Waals surface area contributed by atoms with Gasteiger partial charge in [0.05, 0.1) is 11.2 Å². The van der Waals surface area contributed by atoms with Crippen LogP contribution in [0, 0.1) is 11.7 Å². The molecule has 0 amide bonds. The number of nitrogens with one attached hydrogen (secondary N) is 1. The summed E-state index contributed by atoms with van der Waals surface area (Å²) in [5, 5.41) is 3.37. The molecule has 1 heterocycles. The molecule has 2 nitrogen and oxygen atoms in total. The van der Waals surface area contributed by atoms with Gasteiger partial charge in [0.2, 0.25) is 0 Å². The largest absolute Gasteiger partial charge is 0.369 e. The first-order valence-corrected chi connectivity index (χ1v) is 7.36. The summed E-state index contributed by atoms with van der Waals surface area (Å²) in [5.74, 6) is 0.242. The lowest BCUT2D eigenvalue weighted by atomic mass is 9.79. The normalized spacial score (nSPS) is 25.6. The molecule has 2 rings (SSSR count). The fraction of sp³-hybridized carbons (Fsp3) is 0.647. The van der Waals surface area contributed by atoms with Crippen LogP contribution in [0.25, 0.3) is 0 Å². The van der Waals surface area contributed by atoms with Crippen molar-refractivity contribution < 1.29 is 9.13 Å².